The van der Waals surface area contributed by atoms with Crippen LogP contribution >= 0.6 is 15.9 Å². The van der Waals surface area contributed by atoms with Gasteiger partial charge in [-0.05, 0) is 25.1 Å². The molecule has 0 aliphatic rings. The van der Waals surface area contributed by atoms with Gasteiger partial charge in [0.15, 0.2) is 17.8 Å². The van der Waals surface area contributed by atoms with E-state index in [1.54, 1.807) is 7.11 Å². The summed E-state index contributed by atoms with van der Waals surface area (Å²) in [5, 5.41) is 6.91. The molecule has 96 valence electrons. The lowest BCUT2D eigenvalue weighted by atomic mass is 10.3. The van der Waals surface area contributed by atoms with Crippen molar-refractivity contribution in [2.24, 2.45) is 0 Å². The van der Waals surface area contributed by atoms with Gasteiger partial charge >= 0.3 is 0 Å². The number of hydrogen-bond acceptors (Lipinski definition) is 4. The molecule has 1 heterocycles. The van der Waals surface area contributed by atoms with E-state index in [2.05, 4.69) is 31.1 Å². The molecule has 18 heavy (non-hydrogen) atoms. The van der Waals surface area contributed by atoms with Gasteiger partial charge < -0.3 is 9.47 Å². The molecule has 1 aromatic heterocycles. The monoisotopic (exact) mass is 311 g/mol. The van der Waals surface area contributed by atoms with Crippen molar-refractivity contribution >= 4 is 15.9 Å². The van der Waals surface area contributed by atoms with Gasteiger partial charge in [-0.2, -0.15) is 5.10 Å². The summed E-state index contributed by atoms with van der Waals surface area (Å²) < 4.78 is 11.7. The van der Waals surface area contributed by atoms with E-state index in [-0.39, 0.29) is 6.10 Å². The molecular weight excluding hydrogens is 298 g/mol. The number of hydrogen-bond donors (Lipinski definition) is 1. The summed E-state index contributed by atoms with van der Waals surface area (Å²) in [5.74, 6) is 2.08. The largest absolute Gasteiger partial charge is 0.483 e. The second kappa shape index (κ2) is 5.97. The highest BCUT2D eigenvalue weighted by Crippen LogP contribution is 2.22. The van der Waals surface area contributed by atoms with E-state index in [9.17, 15) is 0 Å². The molecule has 0 saturated heterocycles. The maximum atomic E-state index is 5.76. The van der Waals surface area contributed by atoms with Crippen LogP contribution in [0.2, 0.25) is 0 Å². The summed E-state index contributed by atoms with van der Waals surface area (Å²) in [7, 11) is 1.61. The lowest BCUT2D eigenvalue weighted by molar-refractivity contribution is 0.177. The second-order valence-electron chi connectivity index (χ2n) is 3.79. The second-order valence-corrected chi connectivity index (χ2v) is 4.71. The predicted molar refractivity (Wildman–Crippen MR) is 70.3 cm³/mol. The van der Waals surface area contributed by atoms with Crippen LogP contribution in [-0.2, 0) is 11.3 Å². The molecule has 0 aliphatic heterocycles. The van der Waals surface area contributed by atoms with Crippen LogP contribution in [0.3, 0.4) is 0 Å². The minimum atomic E-state index is -0.221. The molecular formula is C12H14BrN3O2. The van der Waals surface area contributed by atoms with Crippen molar-refractivity contribution in [2.75, 3.05) is 7.11 Å². The van der Waals surface area contributed by atoms with Crippen LogP contribution in [0, 0.1) is 0 Å². The Labute approximate surface area is 114 Å². The van der Waals surface area contributed by atoms with Crippen LogP contribution in [0.1, 0.15) is 24.7 Å². The molecule has 2 rings (SSSR count). The first-order chi connectivity index (χ1) is 8.69. The fourth-order valence-electron chi connectivity index (χ4n) is 1.49. The van der Waals surface area contributed by atoms with E-state index in [0.29, 0.717) is 18.3 Å². The number of aromatic nitrogens is 3. The van der Waals surface area contributed by atoms with Crippen LogP contribution < -0.4 is 4.74 Å². The van der Waals surface area contributed by atoms with Crippen molar-refractivity contribution in [3.8, 4) is 5.75 Å². The zero-order valence-corrected chi connectivity index (χ0v) is 11.8. The van der Waals surface area contributed by atoms with Gasteiger partial charge in [0.05, 0.1) is 0 Å². The summed E-state index contributed by atoms with van der Waals surface area (Å²) in [4.78, 5) is 4.29. The van der Waals surface area contributed by atoms with E-state index in [1.165, 1.54) is 0 Å². The number of nitrogens with one attached hydrogen (secondary N) is 1. The Morgan fingerprint density at radius 2 is 2.28 bits per heavy atom. The molecule has 1 N–H and O–H groups in total. The smallest absolute Gasteiger partial charge is 0.191 e. The van der Waals surface area contributed by atoms with E-state index in [1.807, 2.05) is 31.2 Å². The van der Waals surface area contributed by atoms with E-state index in [4.69, 9.17) is 9.47 Å². The lowest BCUT2D eigenvalue weighted by Crippen LogP contribution is -2.05. The Kier molecular flexibility index (Phi) is 4.33. The molecule has 0 amide bonds. The van der Waals surface area contributed by atoms with Gasteiger partial charge in [0, 0.05) is 11.6 Å². The van der Waals surface area contributed by atoms with Crippen LogP contribution in [0.15, 0.2) is 28.7 Å². The number of aromatic amines is 1. The molecule has 5 nitrogen and oxygen atoms in total. The molecule has 1 unspecified atom stereocenters. The summed E-state index contributed by atoms with van der Waals surface area (Å²) in [6.45, 7) is 2.32. The first-order valence-electron chi connectivity index (χ1n) is 5.51. The van der Waals surface area contributed by atoms with Gasteiger partial charge in [-0.3, -0.25) is 5.10 Å². The van der Waals surface area contributed by atoms with Gasteiger partial charge in [-0.25, -0.2) is 4.98 Å². The minimum absolute atomic E-state index is 0.221. The molecule has 0 fully saturated rings. The fourth-order valence-corrected chi connectivity index (χ4v) is 1.87. The Morgan fingerprint density at radius 1 is 1.44 bits per heavy atom. The summed E-state index contributed by atoms with van der Waals surface area (Å²) in [6, 6.07) is 7.66. The SMILES string of the molecule is COCc1nc(C(C)Oc2cccc(Br)c2)n[nH]1. The Morgan fingerprint density at radius 3 is 3.00 bits per heavy atom. The van der Waals surface area contributed by atoms with E-state index >= 15 is 0 Å². The molecule has 0 bridgehead atoms. The topological polar surface area (TPSA) is 60.0 Å². The minimum Gasteiger partial charge on any atom is -0.483 e. The highest BCUT2D eigenvalue weighted by atomic mass is 79.9. The maximum absolute atomic E-state index is 5.76. The van der Waals surface area contributed by atoms with Gasteiger partial charge in [0.1, 0.15) is 12.4 Å². The van der Waals surface area contributed by atoms with Crippen molar-refractivity contribution in [2.45, 2.75) is 19.6 Å². The van der Waals surface area contributed by atoms with Crippen molar-refractivity contribution in [3.05, 3.63) is 40.4 Å². The standard InChI is InChI=1S/C12H14BrN3O2/c1-8(12-14-11(7-17-2)15-16-12)18-10-5-3-4-9(13)6-10/h3-6,8H,7H2,1-2H3,(H,14,15,16). The number of ether oxygens (including phenoxy) is 2. The molecule has 0 spiro atoms. The third-order valence-corrected chi connectivity index (χ3v) is 2.80. The van der Waals surface area contributed by atoms with Gasteiger partial charge in [0.2, 0.25) is 0 Å². The van der Waals surface area contributed by atoms with Crippen molar-refractivity contribution in [1.29, 1.82) is 0 Å². The van der Waals surface area contributed by atoms with E-state index in [0.717, 1.165) is 10.2 Å². The first kappa shape index (κ1) is 13.0. The Bertz CT molecular complexity index is 516. The Hall–Kier alpha value is -1.40. The number of methoxy groups -OCH3 is 1. The lowest BCUT2D eigenvalue weighted by Gasteiger charge is -2.11. The number of halogens is 1. The summed E-state index contributed by atoms with van der Waals surface area (Å²) in [6.07, 6.45) is -0.221. The van der Waals surface area contributed by atoms with Crippen LogP contribution in [0.5, 0.6) is 5.75 Å². The van der Waals surface area contributed by atoms with Gasteiger partial charge in [-0.15, -0.1) is 0 Å². The predicted octanol–water partition coefficient (Wildman–Crippen LogP) is 2.85. The highest BCUT2D eigenvalue weighted by molar-refractivity contribution is 9.10. The van der Waals surface area contributed by atoms with Crippen LogP contribution in [-0.4, -0.2) is 22.3 Å². The quantitative estimate of drug-likeness (QED) is 0.922. The van der Waals surface area contributed by atoms with E-state index < -0.39 is 0 Å². The number of H-pyrrole nitrogens is 1. The van der Waals surface area contributed by atoms with Crippen molar-refractivity contribution in [1.82, 2.24) is 15.2 Å². The first-order valence-corrected chi connectivity index (χ1v) is 6.30. The van der Waals surface area contributed by atoms with Crippen LogP contribution in [0.4, 0.5) is 0 Å². The number of benzene rings is 1. The molecule has 2 aromatic rings. The highest BCUT2D eigenvalue weighted by Gasteiger charge is 2.13. The average Bonchev–Trinajstić information content (AvgIpc) is 2.78. The third kappa shape index (κ3) is 3.30. The third-order valence-electron chi connectivity index (χ3n) is 2.30. The average molecular weight is 312 g/mol. The molecule has 6 heteroatoms. The normalized spacial score (nSPS) is 12.4. The fraction of sp³-hybridized carbons (Fsp3) is 0.333. The number of nitrogens with zero attached hydrogens (tertiary/aromatic N) is 2. The Balaban J connectivity index is 2.04. The number of rotatable bonds is 5. The van der Waals surface area contributed by atoms with Gasteiger partial charge in [-0.1, -0.05) is 22.0 Å². The summed E-state index contributed by atoms with van der Waals surface area (Å²) >= 11 is 3.40. The molecule has 1 aromatic carbocycles. The molecule has 0 radical (unpaired) electrons. The van der Waals surface area contributed by atoms with Gasteiger partial charge in [0.25, 0.3) is 0 Å². The molecule has 0 saturated carbocycles. The maximum Gasteiger partial charge on any atom is 0.191 e. The van der Waals surface area contributed by atoms with Crippen molar-refractivity contribution < 1.29 is 9.47 Å². The van der Waals surface area contributed by atoms with Crippen LogP contribution in [0.25, 0.3) is 0 Å². The zero-order chi connectivity index (χ0) is 13.0. The molecule has 1 atom stereocenters. The van der Waals surface area contributed by atoms with Crippen molar-refractivity contribution in [3.63, 3.8) is 0 Å². The molecule has 0 aliphatic carbocycles. The zero-order valence-electron chi connectivity index (χ0n) is 10.2. The summed E-state index contributed by atoms with van der Waals surface area (Å²) in [5.41, 5.74) is 0.